The van der Waals surface area contributed by atoms with Gasteiger partial charge in [-0.25, -0.2) is 4.79 Å². The molecular weight excluding hydrogens is 569 g/mol. The molecule has 2 fully saturated rings. The molecule has 2 aromatic rings. The van der Waals surface area contributed by atoms with Crippen LogP contribution in [-0.2, 0) is 4.79 Å². The summed E-state index contributed by atoms with van der Waals surface area (Å²) in [5.41, 5.74) is 0.139. The van der Waals surface area contributed by atoms with Crippen LogP contribution in [0.4, 0.5) is 16.2 Å². The first-order valence-corrected chi connectivity index (χ1v) is 14.1. The van der Waals surface area contributed by atoms with E-state index in [1.807, 2.05) is 11.8 Å². The number of nitro benzene ring substituents is 1. The minimum atomic E-state index is -0.585. The largest absolute Gasteiger partial charge is 0.491 e. The van der Waals surface area contributed by atoms with Crippen LogP contribution in [0.1, 0.15) is 36.0 Å². The summed E-state index contributed by atoms with van der Waals surface area (Å²) in [6, 6.07) is 8.53. The average Bonchev–Trinajstić information content (AvgIpc) is 3.45. The number of hydrogen-bond acceptors (Lipinski definition) is 7. The van der Waals surface area contributed by atoms with E-state index in [9.17, 15) is 24.5 Å². The Labute approximate surface area is 238 Å². The molecular formula is C25H27Cl2N5O6S. The van der Waals surface area contributed by atoms with Crippen molar-refractivity contribution in [2.24, 2.45) is 0 Å². The molecule has 208 valence electrons. The molecule has 4 amide bonds. The summed E-state index contributed by atoms with van der Waals surface area (Å²) in [6.45, 7) is 0.372. The quantitative estimate of drug-likeness (QED) is 0.123. The molecule has 0 bridgehead atoms. The van der Waals surface area contributed by atoms with E-state index in [1.165, 1.54) is 18.2 Å². The lowest BCUT2D eigenvalue weighted by atomic mass is 10.0. The maximum absolute atomic E-state index is 12.9. The number of unbranched alkanes of at least 4 members (excludes halogenated alkanes) is 1. The molecule has 2 aliphatic rings. The van der Waals surface area contributed by atoms with Crippen LogP contribution in [0.25, 0.3) is 0 Å². The van der Waals surface area contributed by atoms with Crippen LogP contribution in [0.5, 0.6) is 5.75 Å². The number of nitrogens with zero attached hydrogens (tertiary/aromatic N) is 1. The first-order chi connectivity index (χ1) is 18.7. The monoisotopic (exact) mass is 595 g/mol. The SMILES string of the molecule is O=C(CCCC[C@@H]1SC[C@@H]2NC(=O)N[C@@H]21)NCCOc1ccc(Cl)cc1C(=O)Nc1ccc([N+](=O)[O-])cc1Cl. The maximum Gasteiger partial charge on any atom is 0.315 e. The van der Waals surface area contributed by atoms with Gasteiger partial charge in [-0.1, -0.05) is 29.6 Å². The summed E-state index contributed by atoms with van der Waals surface area (Å²) in [6.07, 6.45) is 2.97. The maximum atomic E-state index is 12.9. The summed E-state index contributed by atoms with van der Waals surface area (Å²) in [5.74, 6) is 0.515. The number of urea groups is 1. The Hall–Kier alpha value is -3.22. The Bertz CT molecular complexity index is 1270. The van der Waals surface area contributed by atoms with E-state index >= 15 is 0 Å². The standard InChI is InChI=1S/C25H27Cl2N5O6S/c26-14-5-8-20(16(11-14)24(34)29-18-7-6-15(32(36)37)12-17(18)27)38-10-9-28-22(33)4-2-1-3-21-23-19(13-39-21)30-25(35)31-23/h5-8,11-12,19,21,23H,1-4,9-10,13H2,(H,28,33)(H,29,34)(H2,30,31,35)/t19-,21-,23-/m0/s1. The van der Waals surface area contributed by atoms with Gasteiger partial charge in [0.15, 0.2) is 0 Å². The Balaban J connectivity index is 1.19. The zero-order valence-corrected chi connectivity index (χ0v) is 23.0. The average molecular weight is 596 g/mol. The minimum Gasteiger partial charge on any atom is -0.491 e. The number of non-ortho nitro benzene ring substituents is 1. The summed E-state index contributed by atoms with van der Waals surface area (Å²) in [7, 11) is 0. The summed E-state index contributed by atoms with van der Waals surface area (Å²) in [4.78, 5) is 46.9. The summed E-state index contributed by atoms with van der Waals surface area (Å²) in [5, 5.41) is 22.9. The molecule has 0 unspecified atom stereocenters. The third-order valence-electron chi connectivity index (χ3n) is 6.36. The molecule has 4 N–H and O–H groups in total. The van der Waals surface area contributed by atoms with Crippen LogP contribution < -0.4 is 26.0 Å². The number of amides is 4. The number of benzene rings is 2. The van der Waals surface area contributed by atoms with Gasteiger partial charge in [-0.15, -0.1) is 0 Å². The highest BCUT2D eigenvalue weighted by molar-refractivity contribution is 8.00. The molecule has 39 heavy (non-hydrogen) atoms. The third-order valence-corrected chi connectivity index (χ3v) is 8.42. The summed E-state index contributed by atoms with van der Waals surface area (Å²) >= 11 is 14.0. The van der Waals surface area contributed by atoms with Gasteiger partial charge < -0.3 is 26.0 Å². The van der Waals surface area contributed by atoms with Gasteiger partial charge in [0.1, 0.15) is 12.4 Å². The summed E-state index contributed by atoms with van der Waals surface area (Å²) < 4.78 is 5.72. The van der Waals surface area contributed by atoms with E-state index in [0.717, 1.165) is 31.1 Å². The van der Waals surface area contributed by atoms with Crippen LogP contribution in [0.15, 0.2) is 36.4 Å². The van der Waals surface area contributed by atoms with Crippen LogP contribution in [0.3, 0.4) is 0 Å². The van der Waals surface area contributed by atoms with Gasteiger partial charge in [0.2, 0.25) is 5.91 Å². The van der Waals surface area contributed by atoms with Gasteiger partial charge in [-0.05, 0) is 37.1 Å². The molecule has 4 rings (SSSR count). The lowest BCUT2D eigenvalue weighted by molar-refractivity contribution is -0.384. The van der Waals surface area contributed by atoms with Gasteiger partial charge in [0.25, 0.3) is 11.6 Å². The van der Waals surface area contributed by atoms with Crippen molar-refractivity contribution in [2.75, 3.05) is 24.2 Å². The van der Waals surface area contributed by atoms with Crippen molar-refractivity contribution in [3.8, 4) is 5.75 Å². The number of fused-ring (bicyclic) bond motifs is 1. The number of thioether (sulfide) groups is 1. The number of carbonyl (C=O) groups excluding carboxylic acids is 3. The lowest BCUT2D eigenvalue weighted by Gasteiger charge is -2.16. The van der Waals surface area contributed by atoms with Crippen LogP contribution in [0.2, 0.25) is 10.0 Å². The van der Waals surface area contributed by atoms with Crippen molar-refractivity contribution >= 4 is 64.2 Å². The number of halogens is 2. The molecule has 0 spiro atoms. The lowest BCUT2D eigenvalue weighted by Crippen LogP contribution is -2.36. The second kappa shape index (κ2) is 13.2. The molecule has 0 saturated carbocycles. The molecule has 2 aliphatic heterocycles. The van der Waals surface area contributed by atoms with Crippen LogP contribution >= 0.6 is 35.0 Å². The Kier molecular flexibility index (Phi) is 9.76. The fourth-order valence-corrected chi connectivity index (χ4v) is 6.37. The molecule has 0 aliphatic carbocycles. The van der Waals surface area contributed by atoms with E-state index < -0.39 is 10.8 Å². The molecule has 0 aromatic heterocycles. The van der Waals surface area contributed by atoms with E-state index in [1.54, 1.807) is 12.1 Å². The number of ether oxygens (including phenoxy) is 1. The predicted molar refractivity (Wildman–Crippen MR) is 150 cm³/mol. The van der Waals surface area contributed by atoms with Gasteiger partial charge in [0, 0.05) is 34.6 Å². The number of nitrogens with one attached hydrogen (secondary N) is 4. The molecule has 0 radical (unpaired) electrons. The zero-order chi connectivity index (χ0) is 27.9. The predicted octanol–water partition coefficient (Wildman–Crippen LogP) is 4.37. The molecule has 11 nitrogen and oxygen atoms in total. The normalized spacial score (nSPS) is 19.5. The Morgan fingerprint density at radius 3 is 2.74 bits per heavy atom. The van der Waals surface area contributed by atoms with Crippen LogP contribution in [-0.4, -0.2) is 59.0 Å². The second-order valence-corrected chi connectivity index (χ2v) is 11.2. The molecule has 2 aromatic carbocycles. The van der Waals surface area contributed by atoms with Crippen molar-refractivity contribution in [2.45, 2.75) is 43.0 Å². The topological polar surface area (TPSA) is 152 Å². The molecule has 14 heteroatoms. The highest BCUT2D eigenvalue weighted by Crippen LogP contribution is 2.33. The smallest absolute Gasteiger partial charge is 0.315 e. The van der Waals surface area contributed by atoms with Crippen molar-refractivity contribution in [1.29, 1.82) is 0 Å². The Morgan fingerprint density at radius 1 is 1.15 bits per heavy atom. The number of rotatable bonds is 12. The van der Waals surface area contributed by atoms with Crippen LogP contribution in [0, 0.1) is 10.1 Å². The Morgan fingerprint density at radius 2 is 1.97 bits per heavy atom. The van der Waals surface area contributed by atoms with E-state index in [4.69, 9.17) is 27.9 Å². The first-order valence-electron chi connectivity index (χ1n) is 12.3. The molecule has 3 atom stereocenters. The minimum absolute atomic E-state index is 0.0123. The second-order valence-electron chi connectivity index (χ2n) is 9.08. The van der Waals surface area contributed by atoms with E-state index in [-0.39, 0.29) is 64.9 Å². The highest BCUT2D eigenvalue weighted by atomic mass is 35.5. The van der Waals surface area contributed by atoms with Gasteiger partial charge in [-0.3, -0.25) is 19.7 Å². The molecule has 2 heterocycles. The van der Waals surface area contributed by atoms with Gasteiger partial charge in [-0.2, -0.15) is 11.8 Å². The number of hydrogen-bond donors (Lipinski definition) is 4. The highest BCUT2D eigenvalue weighted by Gasteiger charge is 2.42. The molecule has 2 saturated heterocycles. The number of nitro groups is 1. The first kappa shape index (κ1) is 28.8. The third kappa shape index (κ3) is 7.68. The van der Waals surface area contributed by atoms with Crippen molar-refractivity contribution in [3.63, 3.8) is 0 Å². The van der Waals surface area contributed by atoms with Crippen molar-refractivity contribution in [1.82, 2.24) is 16.0 Å². The van der Waals surface area contributed by atoms with E-state index in [0.29, 0.717) is 16.7 Å². The van der Waals surface area contributed by atoms with Gasteiger partial charge in [0.05, 0.1) is 39.8 Å². The van der Waals surface area contributed by atoms with E-state index in [2.05, 4.69) is 21.3 Å². The van der Waals surface area contributed by atoms with Crippen molar-refractivity contribution < 1.29 is 24.0 Å². The number of carbonyl (C=O) groups is 3. The fourth-order valence-electron chi connectivity index (χ4n) is 4.43. The zero-order valence-electron chi connectivity index (χ0n) is 20.7. The fraction of sp³-hybridized carbons (Fsp3) is 0.400. The van der Waals surface area contributed by atoms with Crippen molar-refractivity contribution in [3.05, 3.63) is 62.1 Å². The number of anilines is 1. The van der Waals surface area contributed by atoms with Gasteiger partial charge >= 0.3 is 6.03 Å².